The molecule has 1 fully saturated rings. The van der Waals surface area contributed by atoms with Crippen molar-refractivity contribution in [2.75, 3.05) is 19.9 Å². The summed E-state index contributed by atoms with van der Waals surface area (Å²) in [5.41, 5.74) is 0. The Morgan fingerprint density at radius 2 is 2.00 bits per heavy atom. The minimum atomic E-state index is -3.77. The van der Waals surface area contributed by atoms with E-state index < -0.39 is 16.1 Å². The first-order chi connectivity index (χ1) is 10.4. The van der Waals surface area contributed by atoms with Crippen LogP contribution < -0.4 is 14.8 Å². The van der Waals surface area contributed by atoms with E-state index in [0.29, 0.717) is 18.0 Å². The fourth-order valence-corrected chi connectivity index (χ4v) is 4.48. The molecule has 1 aromatic carbocycles. The van der Waals surface area contributed by atoms with Crippen LogP contribution in [0.25, 0.3) is 0 Å². The summed E-state index contributed by atoms with van der Waals surface area (Å²) in [6.07, 6.45) is 0. The van der Waals surface area contributed by atoms with Crippen LogP contribution in [0, 0.1) is 5.92 Å². The van der Waals surface area contributed by atoms with Gasteiger partial charge in [-0.2, -0.15) is 4.31 Å². The van der Waals surface area contributed by atoms with Crippen LogP contribution in [-0.4, -0.2) is 44.6 Å². The van der Waals surface area contributed by atoms with Crippen molar-refractivity contribution in [2.24, 2.45) is 5.92 Å². The van der Waals surface area contributed by atoms with Crippen LogP contribution in [0.5, 0.6) is 11.5 Å². The maximum absolute atomic E-state index is 12.9. The van der Waals surface area contributed by atoms with Crippen molar-refractivity contribution in [3.63, 3.8) is 0 Å². The molecule has 3 rings (SSSR count). The van der Waals surface area contributed by atoms with Crippen LogP contribution in [0.2, 0.25) is 0 Å². The zero-order valence-corrected chi connectivity index (χ0v) is 13.2. The van der Waals surface area contributed by atoms with E-state index in [1.54, 1.807) is 6.07 Å². The molecule has 0 saturated carbocycles. The highest BCUT2D eigenvalue weighted by atomic mass is 32.2. The number of nitrogens with one attached hydrogen (secondary N) is 1. The summed E-state index contributed by atoms with van der Waals surface area (Å²) in [6.45, 7) is 4.31. The summed E-state index contributed by atoms with van der Waals surface area (Å²) in [7, 11) is -3.77. The Morgan fingerprint density at radius 1 is 1.27 bits per heavy atom. The summed E-state index contributed by atoms with van der Waals surface area (Å²) < 4.78 is 37.5. The number of amides is 1. The SMILES string of the molecule is CC(C)C1C(=O)NCCN1S(=O)(=O)c1ccc2c(c1)OCO2. The van der Waals surface area contributed by atoms with E-state index in [1.165, 1.54) is 16.4 Å². The van der Waals surface area contributed by atoms with E-state index in [0.717, 1.165) is 0 Å². The Morgan fingerprint density at radius 3 is 2.73 bits per heavy atom. The fraction of sp³-hybridized carbons (Fsp3) is 0.500. The van der Waals surface area contributed by atoms with Crippen LogP contribution in [-0.2, 0) is 14.8 Å². The lowest BCUT2D eigenvalue weighted by Gasteiger charge is -2.36. The number of piperazine rings is 1. The van der Waals surface area contributed by atoms with E-state index in [-0.39, 0.29) is 30.1 Å². The maximum atomic E-state index is 12.9. The van der Waals surface area contributed by atoms with Gasteiger partial charge in [-0.25, -0.2) is 8.42 Å². The van der Waals surface area contributed by atoms with E-state index in [4.69, 9.17) is 9.47 Å². The quantitative estimate of drug-likeness (QED) is 0.877. The summed E-state index contributed by atoms with van der Waals surface area (Å²) in [4.78, 5) is 12.2. The van der Waals surface area contributed by atoms with Gasteiger partial charge in [0.1, 0.15) is 6.04 Å². The van der Waals surface area contributed by atoms with Crippen molar-refractivity contribution in [3.05, 3.63) is 18.2 Å². The van der Waals surface area contributed by atoms with Crippen molar-refractivity contribution >= 4 is 15.9 Å². The molecule has 1 saturated heterocycles. The summed E-state index contributed by atoms with van der Waals surface area (Å²) in [6, 6.07) is 3.79. The van der Waals surface area contributed by atoms with Crippen LogP contribution in [0.3, 0.4) is 0 Å². The summed E-state index contributed by atoms with van der Waals surface area (Å²) in [5.74, 6) is 0.550. The Bertz CT molecular complexity index is 701. The molecular weight excluding hydrogens is 308 g/mol. The van der Waals surface area contributed by atoms with Crippen molar-refractivity contribution in [1.82, 2.24) is 9.62 Å². The summed E-state index contributed by atoms with van der Waals surface area (Å²) in [5, 5.41) is 2.72. The number of sulfonamides is 1. The maximum Gasteiger partial charge on any atom is 0.244 e. The van der Waals surface area contributed by atoms with Gasteiger partial charge < -0.3 is 14.8 Å². The predicted molar refractivity (Wildman–Crippen MR) is 78.1 cm³/mol. The Balaban J connectivity index is 1.99. The van der Waals surface area contributed by atoms with Crippen molar-refractivity contribution in [2.45, 2.75) is 24.8 Å². The minimum Gasteiger partial charge on any atom is -0.454 e. The molecule has 2 aliphatic heterocycles. The fourth-order valence-electron chi connectivity index (χ4n) is 2.74. The monoisotopic (exact) mass is 326 g/mol. The highest BCUT2D eigenvalue weighted by Crippen LogP contribution is 2.35. The molecule has 2 aliphatic rings. The second kappa shape index (κ2) is 5.44. The van der Waals surface area contributed by atoms with Crippen molar-refractivity contribution in [3.8, 4) is 11.5 Å². The first kappa shape index (κ1) is 15.1. The lowest BCUT2D eigenvalue weighted by atomic mass is 10.0. The third-order valence-corrected chi connectivity index (χ3v) is 5.67. The molecule has 0 aliphatic carbocycles. The minimum absolute atomic E-state index is 0.0829. The van der Waals surface area contributed by atoms with E-state index in [1.807, 2.05) is 13.8 Å². The number of hydrogen-bond donors (Lipinski definition) is 1. The Labute approximate surface area is 129 Å². The lowest BCUT2D eigenvalue weighted by Crippen LogP contribution is -2.58. The molecule has 0 radical (unpaired) electrons. The highest BCUT2D eigenvalue weighted by Gasteiger charge is 2.40. The molecule has 2 heterocycles. The topological polar surface area (TPSA) is 84.9 Å². The lowest BCUT2D eigenvalue weighted by molar-refractivity contribution is -0.128. The van der Waals surface area contributed by atoms with Gasteiger partial charge in [-0.1, -0.05) is 13.8 Å². The number of benzene rings is 1. The van der Waals surface area contributed by atoms with Gasteiger partial charge in [0.2, 0.25) is 22.7 Å². The molecule has 0 spiro atoms. The Kier molecular flexibility index (Phi) is 3.73. The molecule has 1 unspecified atom stereocenters. The van der Waals surface area contributed by atoms with E-state index >= 15 is 0 Å². The molecule has 22 heavy (non-hydrogen) atoms. The third-order valence-electron chi connectivity index (χ3n) is 3.79. The molecule has 7 nitrogen and oxygen atoms in total. The first-order valence-corrected chi connectivity index (χ1v) is 8.54. The molecule has 1 aromatic rings. The third kappa shape index (κ3) is 2.42. The number of carbonyl (C=O) groups is 1. The Hall–Kier alpha value is -1.80. The van der Waals surface area contributed by atoms with Crippen LogP contribution in [0.4, 0.5) is 0 Å². The first-order valence-electron chi connectivity index (χ1n) is 7.10. The molecule has 8 heteroatoms. The van der Waals surface area contributed by atoms with Gasteiger partial charge in [0, 0.05) is 19.2 Å². The summed E-state index contributed by atoms with van der Waals surface area (Å²) >= 11 is 0. The normalized spacial score (nSPS) is 22.0. The molecule has 1 atom stereocenters. The van der Waals surface area contributed by atoms with Crippen LogP contribution in [0.1, 0.15) is 13.8 Å². The molecule has 1 N–H and O–H groups in total. The molecular formula is C14H18N2O5S. The number of hydrogen-bond acceptors (Lipinski definition) is 5. The molecule has 1 amide bonds. The number of ether oxygens (including phenoxy) is 2. The van der Waals surface area contributed by atoms with Gasteiger partial charge in [0.15, 0.2) is 11.5 Å². The molecule has 0 aromatic heterocycles. The highest BCUT2D eigenvalue weighted by molar-refractivity contribution is 7.89. The number of rotatable bonds is 3. The number of nitrogens with zero attached hydrogens (tertiary/aromatic N) is 1. The predicted octanol–water partition coefficient (Wildman–Crippen LogP) is 0.560. The number of fused-ring (bicyclic) bond motifs is 1. The average molecular weight is 326 g/mol. The molecule has 120 valence electrons. The van der Waals surface area contributed by atoms with Gasteiger partial charge in [-0.3, -0.25) is 4.79 Å². The van der Waals surface area contributed by atoms with Gasteiger partial charge in [0.05, 0.1) is 4.90 Å². The van der Waals surface area contributed by atoms with E-state index in [9.17, 15) is 13.2 Å². The largest absolute Gasteiger partial charge is 0.454 e. The zero-order chi connectivity index (χ0) is 15.9. The zero-order valence-electron chi connectivity index (χ0n) is 12.4. The average Bonchev–Trinajstić information content (AvgIpc) is 2.93. The van der Waals surface area contributed by atoms with Gasteiger partial charge in [-0.05, 0) is 18.1 Å². The second-order valence-corrected chi connectivity index (χ2v) is 7.50. The van der Waals surface area contributed by atoms with Crippen LogP contribution >= 0.6 is 0 Å². The van der Waals surface area contributed by atoms with Gasteiger partial charge >= 0.3 is 0 Å². The van der Waals surface area contributed by atoms with Crippen molar-refractivity contribution < 1.29 is 22.7 Å². The second-order valence-electron chi connectivity index (χ2n) is 5.61. The number of carbonyl (C=O) groups excluding carboxylic acids is 1. The van der Waals surface area contributed by atoms with E-state index in [2.05, 4.69) is 5.32 Å². The van der Waals surface area contributed by atoms with Gasteiger partial charge in [-0.15, -0.1) is 0 Å². The molecule has 0 bridgehead atoms. The van der Waals surface area contributed by atoms with Crippen LogP contribution in [0.15, 0.2) is 23.1 Å². The smallest absolute Gasteiger partial charge is 0.244 e. The van der Waals surface area contributed by atoms with Crippen molar-refractivity contribution in [1.29, 1.82) is 0 Å². The standard InChI is InChI=1S/C14H18N2O5S/c1-9(2)13-14(17)15-5-6-16(13)22(18,19)10-3-4-11-12(7-10)21-8-20-11/h3-4,7,9,13H,5-6,8H2,1-2H3,(H,15,17). The van der Waals surface area contributed by atoms with Gasteiger partial charge in [0.25, 0.3) is 0 Å².